The van der Waals surface area contributed by atoms with Crippen molar-refractivity contribution in [3.05, 3.63) is 28.2 Å². The van der Waals surface area contributed by atoms with Crippen LogP contribution in [-0.4, -0.2) is 18.3 Å². The van der Waals surface area contributed by atoms with Crippen LogP contribution in [0.15, 0.2) is 22.7 Å². The Morgan fingerprint density at radius 3 is 2.75 bits per heavy atom. The van der Waals surface area contributed by atoms with E-state index in [1.165, 1.54) is 32.1 Å². The van der Waals surface area contributed by atoms with Gasteiger partial charge in [0.2, 0.25) is 0 Å². The van der Waals surface area contributed by atoms with E-state index in [-0.39, 0.29) is 12.6 Å². The van der Waals surface area contributed by atoms with Crippen LogP contribution in [-0.2, 0) is 0 Å². The number of rotatable bonds is 6. The predicted molar refractivity (Wildman–Crippen MR) is 84.8 cm³/mol. The Bertz CT molecular complexity index is 419. The second kappa shape index (κ2) is 8.01. The van der Waals surface area contributed by atoms with E-state index in [0.29, 0.717) is 12.3 Å². The van der Waals surface area contributed by atoms with Crippen molar-refractivity contribution in [1.29, 1.82) is 0 Å². The summed E-state index contributed by atoms with van der Waals surface area (Å²) < 4.78 is 6.91. The van der Waals surface area contributed by atoms with Gasteiger partial charge in [-0.3, -0.25) is 0 Å². The summed E-state index contributed by atoms with van der Waals surface area (Å²) in [6.45, 7) is 0.900. The van der Waals surface area contributed by atoms with Gasteiger partial charge in [-0.05, 0) is 48.9 Å². The number of ether oxygens (including phenoxy) is 1. The lowest BCUT2D eigenvalue weighted by molar-refractivity contribution is 0.208. The number of hydrogen-bond acceptors (Lipinski definition) is 3. The molecule has 0 aromatic heterocycles. The van der Waals surface area contributed by atoms with Crippen LogP contribution in [0.5, 0.6) is 5.75 Å². The van der Waals surface area contributed by atoms with Crippen molar-refractivity contribution in [2.45, 2.75) is 44.6 Å². The summed E-state index contributed by atoms with van der Waals surface area (Å²) >= 11 is 3.51. The standard InChI is InChI=1S/C16H24BrNO2/c17-15-7-6-13(10-14(15)16(18)8-9-19)20-11-12-4-2-1-3-5-12/h6-7,10,12,16,19H,1-5,8-9,11,18H2. The summed E-state index contributed by atoms with van der Waals surface area (Å²) in [6, 6.07) is 5.78. The molecule has 3 N–H and O–H groups in total. The number of benzene rings is 1. The van der Waals surface area contributed by atoms with Crippen LogP contribution in [0.25, 0.3) is 0 Å². The number of nitrogens with two attached hydrogens (primary N) is 1. The SMILES string of the molecule is NC(CCO)c1cc(OCC2CCCCC2)ccc1Br. The molecular formula is C16H24BrNO2. The monoisotopic (exact) mass is 341 g/mol. The second-order valence-corrected chi connectivity index (χ2v) is 6.47. The first-order valence-corrected chi connectivity index (χ1v) is 8.28. The van der Waals surface area contributed by atoms with Crippen molar-refractivity contribution in [2.75, 3.05) is 13.2 Å². The lowest BCUT2D eigenvalue weighted by Crippen LogP contribution is -2.16. The Morgan fingerprint density at radius 1 is 1.30 bits per heavy atom. The average Bonchev–Trinajstić information content (AvgIpc) is 2.47. The minimum absolute atomic E-state index is 0.0980. The van der Waals surface area contributed by atoms with Gasteiger partial charge < -0.3 is 15.6 Å². The fourth-order valence-electron chi connectivity index (χ4n) is 2.76. The highest BCUT2D eigenvalue weighted by Crippen LogP contribution is 2.29. The third kappa shape index (κ3) is 4.47. The maximum atomic E-state index is 9.01. The Balaban J connectivity index is 1.95. The Hall–Kier alpha value is -0.580. The minimum atomic E-state index is -0.160. The molecular weight excluding hydrogens is 318 g/mol. The van der Waals surface area contributed by atoms with E-state index in [1.807, 2.05) is 18.2 Å². The molecule has 0 amide bonds. The van der Waals surface area contributed by atoms with Crippen LogP contribution in [0.4, 0.5) is 0 Å². The predicted octanol–water partition coefficient (Wildman–Crippen LogP) is 3.79. The average molecular weight is 342 g/mol. The van der Waals surface area contributed by atoms with Crippen LogP contribution in [0, 0.1) is 5.92 Å². The summed E-state index contributed by atoms with van der Waals surface area (Å²) in [5.74, 6) is 1.57. The fourth-order valence-corrected chi connectivity index (χ4v) is 3.30. The van der Waals surface area contributed by atoms with Gasteiger partial charge in [0, 0.05) is 17.1 Å². The Labute approximate surface area is 129 Å². The van der Waals surface area contributed by atoms with Crippen molar-refractivity contribution in [3.8, 4) is 5.75 Å². The molecule has 0 heterocycles. The molecule has 0 spiro atoms. The first-order valence-electron chi connectivity index (χ1n) is 7.49. The first kappa shape index (κ1) is 15.8. The van der Waals surface area contributed by atoms with E-state index in [9.17, 15) is 0 Å². The van der Waals surface area contributed by atoms with Gasteiger partial charge in [-0.1, -0.05) is 35.2 Å². The van der Waals surface area contributed by atoms with Crippen molar-refractivity contribution >= 4 is 15.9 Å². The smallest absolute Gasteiger partial charge is 0.119 e. The van der Waals surface area contributed by atoms with Crippen LogP contribution >= 0.6 is 15.9 Å². The zero-order valence-corrected chi connectivity index (χ0v) is 13.4. The van der Waals surface area contributed by atoms with E-state index in [4.69, 9.17) is 15.6 Å². The van der Waals surface area contributed by atoms with Crippen molar-refractivity contribution in [3.63, 3.8) is 0 Å². The van der Waals surface area contributed by atoms with Crippen LogP contribution < -0.4 is 10.5 Å². The molecule has 1 aromatic rings. The maximum absolute atomic E-state index is 9.01. The number of hydrogen-bond donors (Lipinski definition) is 2. The van der Waals surface area contributed by atoms with E-state index in [2.05, 4.69) is 15.9 Å². The summed E-state index contributed by atoms with van der Waals surface area (Å²) in [7, 11) is 0. The molecule has 0 radical (unpaired) electrons. The normalized spacial score (nSPS) is 17.9. The third-order valence-electron chi connectivity index (χ3n) is 4.02. The van der Waals surface area contributed by atoms with E-state index < -0.39 is 0 Å². The van der Waals surface area contributed by atoms with Gasteiger partial charge in [-0.2, -0.15) is 0 Å². The zero-order valence-electron chi connectivity index (χ0n) is 11.9. The van der Waals surface area contributed by atoms with Gasteiger partial charge in [0.25, 0.3) is 0 Å². The zero-order chi connectivity index (χ0) is 14.4. The van der Waals surface area contributed by atoms with Gasteiger partial charge in [-0.15, -0.1) is 0 Å². The molecule has 1 unspecified atom stereocenters. The Kier molecular flexibility index (Phi) is 6.33. The van der Waals surface area contributed by atoms with Crippen molar-refractivity contribution in [1.82, 2.24) is 0 Å². The molecule has 1 aliphatic carbocycles. The van der Waals surface area contributed by atoms with Crippen LogP contribution in [0.1, 0.15) is 50.1 Å². The summed E-state index contributed by atoms with van der Waals surface area (Å²) in [5.41, 5.74) is 7.07. The lowest BCUT2D eigenvalue weighted by Gasteiger charge is -2.22. The minimum Gasteiger partial charge on any atom is -0.493 e. The van der Waals surface area contributed by atoms with E-state index in [0.717, 1.165) is 22.4 Å². The molecule has 2 rings (SSSR count). The van der Waals surface area contributed by atoms with E-state index >= 15 is 0 Å². The lowest BCUT2D eigenvalue weighted by atomic mass is 9.90. The van der Waals surface area contributed by atoms with Gasteiger partial charge in [0.1, 0.15) is 5.75 Å². The molecule has 1 fully saturated rings. The number of halogens is 1. The molecule has 1 aliphatic rings. The fraction of sp³-hybridized carbons (Fsp3) is 0.625. The molecule has 4 heteroatoms. The highest BCUT2D eigenvalue weighted by atomic mass is 79.9. The summed E-state index contributed by atoms with van der Waals surface area (Å²) in [4.78, 5) is 0. The molecule has 0 saturated heterocycles. The Morgan fingerprint density at radius 2 is 2.05 bits per heavy atom. The van der Waals surface area contributed by atoms with Crippen molar-refractivity contribution < 1.29 is 9.84 Å². The molecule has 1 atom stereocenters. The van der Waals surface area contributed by atoms with Crippen molar-refractivity contribution in [2.24, 2.45) is 11.7 Å². The quantitative estimate of drug-likeness (QED) is 0.827. The topological polar surface area (TPSA) is 55.5 Å². The molecule has 112 valence electrons. The molecule has 0 aliphatic heterocycles. The highest BCUT2D eigenvalue weighted by Gasteiger charge is 2.15. The van der Waals surface area contributed by atoms with Gasteiger partial charge in [0.05, 0.1) is 6.61 Å². The maximum Gasteiger partial charge on any atom is 0.119 e. The summed E-state index contributed by atoms with van der Waals surface area (Å²) in [6.07, 6.45) is 7.17. The largest absolute Gasteiger partial charge is 0.493 e. The van der Waals surface area contributed by atoms with Crippen LogP contribution in [0.2, 0.25) is 0 Å². The van der Waals surface area contributed by atoms with Gasteiger partial charge >= 0.3 is 0 Å². The first-order chi connectivity index (χ1) is 9.70. The molecule has 3 nitrogen and oxygen atoms in total. The molecule has 20 heavy (non-hydrogen) atoms. The van der Waals surface area contributed by atoms with Crippen LogP contribution in [0.3, 0.4) is 0 Å². The number of aliphatic hydroxyl groups excluding tert-OH is 1. The van der Waals surface area contributed by atoms with Gasteiger partial charge in [0.15, 0.2) is 0 Å². The molecule has 1 aromatic carbocycles. The summed E-state index contributed by atoms with van der Waals surface area (Å²) in [5, 5.41) is 9.01. The third-order valence-corrected chi connectivity index (χ3v) is 4.74. The number of aliphatic hydroxyl groups is 1. The van der Waals surface area contributed by atoms with E-state index in [1.54, 1.807) is 0 Å². The van der Waals surface area contributed by atoms with Gasteiger partial charge in [-0.25, -0.2) is 0 Å². The molecule has 0 bridgehead atoms. The highest BCUT2D eigenvalue weighted by molar-refractivity contribution is 9.10. The second-order valence-electron chi connectivity index (χ2n) is 5.62. The molecule has 1 saturated carbocycles.